The summed E-state index contributed by atoms with van der Waals surface area (Å²) >= 11 is 0. The molecule has 0 radical (unpaired) electrons. The Hall–Kier alpha value is -1.77. The van der Waals surface area contributed by atoms with Gasteiger partial charge in [-0.1, -0.05) is 0 Å². The van der Waals surface area contributed by atoms with Crippen molar-refractivity contribution in [2.75, 3.05) is 17.2 Å². The first-order chi connectivity index (χ1) is 8.66. The predicted molar refractivity (Wildman–Crippen MR) is 76.9 cm³/mol. The first-order valence-corrected chi connectivity index (χ1v) is 6.58. The fourth-order valence-electron chi connectivity index (χ4n) is 2.89. The number of benzene rings is 1. The van der Waals surface area contributed by atoms with Gasteiger partial charge in [-0.25, -0.2) is 0 Å². The second kappa shape index (κ2) is 4.16. The van der Waals surface area contributed by atoms with Gasteiger partial charge in [0, 0.05) is 46.6 Å². The van der Waals surface area contributed by atoms with Crippen LogP contribution in [0.25, 0.3) is 10.8 Å². The van der Waals surface area contributed by atoms with Crippen molar-refractivity contribution in [3.05, 3.63) is 30.1 Å². The van der Waals surface area contributed by atoms with Crippen LogP contribution in [0.2, 0.25) is 0 Å². The Labute approximate surface area is 108 Å². The van der Waals surface area contributed by atoms with E-state index in [9.17, 15) is 0 Å². The maximum absolute atomic E-state index is 6.05. The van der Waals surface area contributed by atoms with Crippen LogP contribution in [0, 0.1) is 6.92 Å². The number of anilines is 2. The Balaban J connectivity index is 2.22. The van der Waals surface area contributed by atoms with Crippen molar-refractivity contribution in [2.45, 2.75) is 32.7 Å². The van der Waals surface area contributed by atoms with Crippen molar-refractivity contribution in [1.82, 2.24) is 4.98 Å². The molecule has 1 atom stereocenters. The average molecular weight is 241 g/mol. The highest BCUT2D eigenvalue weighted by Crippen LogP contribution is 2.34. The highest BCUT2D eigenvalue weighted by atomic mass is 15.2. The minimum atomic E-state index is 0.616. The molecular weight excluding hydrogens is 222 g/mol. The normalized spacial score (nSPS) is 19.7. The zero-order valence-corrected chi connectivity index (χ0v) is 11.0. The lowest BCUT2D eigenvalue weighted by molar-refractivity contribution is 0.737. The van der Waals surface area contributed by atoms with E-state index in [1.165, 1.54) is 23.9 Å². The van der Waals surface area contributed by atoms with Crippen LogP contribution < -0.4 is 10.6 Å². The smallest absolute Gasteiger partial charge is 0.0451 e. The van der Waals surface area contributed by atoms with Crippen LogP contribution in [0.5, 0.6) is 0 Å². The molecule has 1 aromatic carbocycles. The number of nitrogen functional groups attached to an aromatic ring is 1. The molecule has 0 spiro atoms. The third kappa shape index (κ3) is 1.70. The number of nitrogens with zero attached hydrogens (tertiary/aromatic N) is 2. The molecule has 3 rings (SSSR count). The molecule has 3 heteroatoms. The Morgan fingerprint density at radius 3 is 2.89 bits per heavy atom. The summed E-state index contributed by atoms with van der Waals surface area (Å²) in [6.07, 6.45) is 4.44. The molecule has 0 amide bonds. The molecule has 0 bridgehead atoms. The molecule has 1 aliphatic heterocycles. The number of aryl methyl sites for hydroxylation is 1. The molecule has 1 aromatic heterocycles. The van der Waals surface area contributed by atoms with E-state index >= 15 is 0 Å². The highest BCUT2D eigenvalue weighted by Gasteiger charge is 2.22. The highest BCUT2D eigenvalue weighted by molar-refractivity contribution is 6.01. The van der Waals surface area contributed by atoms with Crippen LogP contribution >= 0.6 is 0 Å². The quantitative estimate of drug-likeness (QED) is 0.780. The van der Waals surface area contributed by atoms with Gasteiger partial charge < -0.3 is 10.6 Å². The number of rotatable bonds is 1. The Bertz CT molecular complexity index is 592. The lowest BCUT2D eigenvalue weighted by Crippen LogP contribution is -2.26. The summed E-state index contributed by atoms with van der Waals surface area (Å²) in [5, 5.41) is 2.30. The van der Waals surface area contributed by atoms with E-state index in [-0.39, 0.29) is 0 Å². The van der Waals surface area contributed by atoms with Crippen LogP contribution in [-0.4, -0.2) is 17.6 Å². The molecule has 0 saturated carbocycles. The van der Waals surface area contributed by atoms with E-state index < -0.39 is 0 Å². The van der Waals surface area contributed by atoms with Gasteiger partial charge in [-0.2, -0.15) is 0 Å². The van der Waals surface area contributed by atoms with Crippen molar-refractivity contribution in [3.63, 3.8) is 0 Å². The van der Waals surface area contributed by atoms with Crippen LogP contribution in [0.3, 0.4) is 0 Å². The van der Waals surface area contributed by atoms with Gasteiger partial charge in [0.05, 0.1) is 0 Å². The third-order valence-corrected chi connectivity index (χ3v) is 3.91. The van der Waals surface area contributed by atoms with Crippen molar-refractivity contribution < 1.29 is 0 Å². The fourth-order valence-corrected chi connectivity index (χ4v) is 2.89. The molecule has 1 fully saturated rings. The molecule has 3 nitrogen and oxygen atoms in total. The van der Waals surface area contributed by atoms with E-state index in [1.807, 2.05) is 19.2 Å². The van der Waals surface area contributed by atoms with Gasteiger partial charge in [0.25, 0.3) is 0 Å². The summed E-state index contributed by atoms with van der Waals surface area (Å²) in [5.74, 6) is 0. The predicted octanol–water partition coefficient (Wildman–Crippen LogP) is 3.11. The fraction of sp³-hybridized carbons (Fsp3) is 0.400. The molecular formula is C15H19N3. The summed E-state index contributed by atoms with van der Waals surface area (Å²) in [7, 11) is 0. The number of hydrogen-bond donors (Lipinski definition) is 1. The van der Waals surface area contributed by atoms with Gasteiger partial charge in [-0.3, -0.25) is 4.98 Å². The first kappa shape index (κ1) is 11.3. The minimum Gasteiger partial charge on any atom is -0.398 e. The van der Waals surface area contributed by atoms with Gasteiger partial charge in [-0.15, -0.1) is 0 Å². The molecule has 0 aliphatic carbocycles. The Morgan fingerprint density at radius 2 is 2.17 bits per heavy atom. The summed E-state index contributed by atoms with van der Waals surface area (Å²) < 4.78 is 0. The van der Waals surface area contributed by atoms with E-state index in [1.54, 1.807) is 0 Å². The van der Waals surface area contributed by atoms with Crippen LogP contribution in [-0.2, 0) is 0 Å². The Kier molecular flexibility index (Phi) is 2.62. The van der Waals surface area contributed by atoms with E-state index in [0.717, 1.165) is 23.3 Å². The summed E-state index contributed by atoms with van der Waals surface area (Å²) in [4.78, 5) is 6.84. The zero-order chi connectivity index (χ0) is 12.7. The molecule has 94 valence electrons. The largest absolute Gasteiger partial charge is 0.398 e. The Morgan fingerprint density at radius 1 is 1.33 bits per heavy atom. The lowest BCUT2D eigenvalue weighted by Gasteiger charge is -2.25. The number of aromatic nitrogens is 1. The average Bonchev–Trinajstić information content (AvgIpc) is 2.76. The second-order valence-electron chi connectivity index (χ2n) is 5.23. The van der Waals surface area contributed by atoms with Crippen molar-refractivity contribution in [3.8, 4) is 0 Å². The van der Waals surface area contributed by atoms with Crippen LogP contribution in [0.1, 0.15) is 25.5 Å². The number of nitrogens with two attached hydrogens (primary N) is 1. The van der Waals surface area contributed by atoms with Crippen molar-refractivity contribution in [2.24, 2.45) is 0 Å². The van der Waals surface area contributed by atoms with Gasteiger partial charge in [0.15, 0.2) is 0 Å². The lowest BCUT2D eigenvalue weighted by atomic mass is 10.1. The topological polar surface area (TPSA) is 42.1 Å². The van der Waals surface area contributed by atoms with E-state index in [0.29, 0.717) is 6.04 Å². The molecule has 2 heterocycles. The monoisotopic (exact) mass is 241 g/mol. The van der Waals surface area contributed by atoms with Crippen molar-refractivity contribution >= 4 is 22.1 Å². The second-order valence-corrected chi connectivity index (χ2v) is 5.23. The van der Waals surface area contributed by atoms with Crippen LogP contribution in [0.4, 0.5) is 11.4 Å². The molecule has 1 saturated heterocycles. The third-order valence-electron chi connectivity index (χ3n) is 3.91. The molecule has 1 aliphatic rings. The van der Waals surface area contributed by atoms with Crippen LogP contribution in [0.15, 0.2) is 24.4 Å². The zero-order valence-electron chi connectivity index (χ0n) is 11.0. The minimum absolute atomic E-state index is 0.616. The molecule has 2 aromatic rings. The molecule has 18 heavy (non-hydrogen) atoms. The van der Waals surface area contributed by atoms with Gasteiger partial charge in [0.1, 0.15) is 0 Å². The number of hydrogen-bond acceptors (Lipinski definition) is 3. The SMILES string of the molecule is Cc1cc2c(N3CCCC3C)ccc(N)c2cn1. The van der Waals surface area contributed by atoms with E-state index in [4.69, 9.17) is 5.73 Å². The maximum Gasteiger partial charge on any atom is 0.0451 e. The number of pyridine rings is 1. The van der Waals surface area contributed by atoms with Gasteiger partial charge >= 0.3 is 0 Å². The van der Waals surface area contributed by atoms with Crippen molar-refractivity contribution in [1.29, 1.82) is 0 Å². The summed E-state index contributed by atoms with van der Waals surface area (Å²) in [5.41, 5.74) is 9.21. The summed E-state index contributed by atoms with van der Waals surface area (Å²) in [6, 6.07) is 6.91. The van der Waals surface area contributed by atoms with Gasteiger partial charge in [-0.05, 0) is 44.9 Å². The standard InChI is InChI=1S/C15H19N3/c1-10-8-12-13(9-17-10)14(16)5-6-15(12)18-7-3-4-11(18)2/h5-6,8-9,11H,3-4,7,16H2,1-2H3. The van der Waals surface area contributed by atoms with Gasteiger partial charge in [0.2, 0.25) is 0 Å². The molecule has 1 unspecified atom stereocenters. The van der Waals surface area contributed by atoms with E-state index in [2.05, 4.69) is 28.9 Å². The molecule has 2 N–H and O–H groups in total. The first-order valence-electron chi connectivity index (χ1n) is 6.58. The number of fused-ring (bicyclic) bond motifs is 1. The summed E-state index contributed by atoms with van der Waals surface area (Å²) in [6.45, 7) is 5.46. The maximum atomic E-state index is 6.05.